The molecule has 72 valence electrons. The van der Waals surface area contributed by atoms with Crippen molar-refractivity contribution in [3.8, 4) is 0 Å². The quantitative estimate of drug-likeness (QED) is 0.564. The van der Waals surface area contributed by atoms with Crippen molar-refractivity contribution in [3.05, 3.63) is 30.6 Å². The van der Waals surface area contributed by atoms with Gasteiger partial charge in [0, 0.05) is 13.0 Å². The molecule has 0 saturated heterocycles. The Hall–Kier alpha value is -1.84. The Labute approximate surface area is 81.9 Å². The number of nitrogens with zero attached hydrogens (tertiary/aromatic N) is 2. The number of benzene rings is 1. The molecule has 0 atom stereocenters. The second-order valence-corrected chi connectivity index (χ2v) is 3.20. The van der Waals surface area contributed by atoms with E-state index in [0.29, 0.717) is 6.42 Å². The van der Waals surface area contributed by atoms with Crippen LogP contribution in [0.4, 0.5) is 0 Å². The van der Waals surface area contributed by atoms with Crippen LogP contribution in [0.3, 0.4) is 0 Å². The maximum Gasteiger partial charge on any atom is 0.0958 e. The molecule has 0 aliphatic heterocycles. The number of amidine groups is 1. The molecule has 1 aromatic carbocycles. The van der Waals surface area contributed by atoms with Gasteiger partial charge in [0.05, 0.1) is 23.2 Å². The average molecular weight is 188 g/mol. The number of aryl methyl sites for hydroxylation is 1. The van der Waals surface area contributed by atoms with Crippen LogP contribution >= 0.6 is 0 Å². The molecular formula is C10H12N4. The maximum atomic E-state index is 7.15. The largest absolute Gasteiger partial charge is 0.388 e. The van der Waals surface area contributed by atoms with Gasteiger partial charge < -0.3 is 10.3 Å². The van der Waals surface area contributed by atoms with Crippen molar-refractivity contribution in [2.45, 2.75) is 13.0 Å². The normalized spacial score (nSPS) is 10.6. The molecule has 0 radical (unpaired) electrons. The van der Waals surface area contributed by atoms with Crippen LogP contribution in [0.1, 0.15) is 6.42 Å². The highest BCUT2D eigenvalue weighted by Gasteiger charge is 2.00. The molecule has 2 rings (SSSR count). The molecule has 0 aliphatic rings. The van der Waals surface area contributed by atoms with Gasteiger partial charge in [-0.25, -0.2) is 4.98 Å². The van der Waals surface area contributed by atoms with Crippen LogP contribution in [0.15, 0.2) is 30.6 Å². The van der Waals surface area contributed by atoms with Crippen LogP contribution in [0.25, 0.3) is 11.0 Å². The van der Waals surface area contributed by atoms with E-state index in [1.165, 1.54) is 0 Å². The van der Waals surface area contributed by atoms with Crippen molar-refractivity contribution in [2.75, 3.05) is 0 Å². The lowest BCUT2D eigenvalue weighted by molar-refractivity contribution is 0.742. The summed E-state index contributed by atoms with van der Waals surface area (Å²) < 4.78 is 2.01. The van der Waals surface area contributed by atoms with Crippen molar-refractivity contribution in [3.63, 3.8) is 0 Å². The maximum absolute atomic E-state index is 7.15. The highest BCUT2D eigenvalue weighted by molar-refractivity contribution is 5.78. The molecule has 0 bridgehead atoms. The zero-order valence-electron chi connectivity index (χ0n) is 7.77. The Morgan fingerprint density at radius 2 is 2.21 bits per heavy atom. The lowest BCUT2D eigenvalue weighted by Gasteiger charge is -2.02. The first kappa shape index (κ1) is 8.74. The van der Waals surface area contributed by atoms with E-state index >= 15 is 0 Å². The number of para-hydroxylation sites is 2. The Morgan fingerprint density at radius 1 is 1.43 bits per heavy atom. The van der Waals surface area contributed by atoms with Crippen LogP contribution in [0.2, 0.25) is 0 Å². The van der Waals surface area contributed by atoms with Gasteiger partial charge in [0.15, 0.2) is 0 Å². The fourth-order valence-electron chi connectivity index (χ4n) is 1.43. The predicted molar refractivity (Wildman–Crippen MR) is 56.3 cm³/mol. The number of rotatable bonds is 3. The lowest BCUT2D eigenvalue weighted by Crippen LogP contribution is -2.12. The Balaban J connectivity index is 2.29. The molecule has 0 spiro atoms. The van der Waals surface area contributed by atoms with Gasteiger partial charge in [-0.05, 0) is 12.1 Å². The van der Waals surface area contributed by atoms with E-state index in [2.05, 4.69) is 4.98 Å². The summed E-state index contributed by atoms with van der Waals surface area (Å²) in [6.45, 7) is 0.718. The third-order valence-electron chi connectivity index (χ3n) is 2.15. The van der Waals surface area contributed by atoms with Gasteiger partial charge in [-0.1, -0.05) is 12.1 Å². The number of hydrogen-bond donors (Lipinski definition) is 2. The number of nitrogens with one attached hydrogen (secondary N) is 1. The number of hydrogen-bond acceptors (Lipinski definition) is 2. The molecule has 0 amide bonds. The minimum atomic E-state index is 0.211. The van der Waals surface area contributed by atoms with Crippen molar-refractivity contribution in [2.24, 2.45) is 5.73 Å². The van der Waals surface area contributed by atoms with Gasteiger partial charge in [0.25, 0.3) is 0 Å². The first-order valence-electron chi connectivity index (χ1n) is 4.50. The summed E-state index contributed by atoms with van der Waals surface area (Å²) in [5, 5.41) is 7.15. The van der Waals surface area contributed by atoms with E-state index in [9.17, 15) is 0 Å². The van der Waals surface area contributed by atoms with E-state index in [0.717, 1.165) is 17.6 Å². The summed E-state index contributed by atoms with van der Waals surface area (Å²) in [4.78, 5) is 4.25. The standard InChI is InChI=1S/C10H12N4/c11-10(12)5-6-14-7-13-8-3-1-2-4-9(8)14/h1-4,7H,5-6H2,(H3,11,12). The van der Waals surface area contributed by atoms with Crippen LogP contribution in [0.5, 0.6) is 0 Å². The van der Waals surface area contributed by atoms with Gasteiger partial charge in [0.1, 0.15) is 0 Å². The third-order valence-corrected chi connectivity index (χ3v) is 2.15. The van der Waals surface area contributed by atoms with E-state index < -0.39 is 0 Å². The predicted octanol–water partition coefficient (Wildman–Crippen LogP) is 1.36. The fourth-order valence-corrected chi connectivity index (χ4v) is 1.43. The number of nitrogens with two attached hydrogens (primary N) is 1. The van der Waals surface area contributed by atoms with Crippen molar-refractivity contribution < 1.29 is 0 Å². The smallest absolute Gasteiger partial charge is 0.0958 e. The molecule has 0 saturated carbocycles. The highest BCUT2D eigenvalue weighted by atomic mass is 15.0. The molecule has 4 heteroatoms. The van der Waals surface area contributed by atoms with Crippen molar-refractivity contribution >= 4 is 16.9 Å². The SMILES string of the molecule is N=C(N)CCn1cnc2ccccc21. The minimum absolute atomic E-state index is 0.211. The number of aromatic nitrogens is 2. The van der Waals surface area contributed by atoms with Gasteiger partial charge in [-0.15, -0.1) is 0 Å². The number of fused-ring (bicyclic) bond motifs is 1. The molecule has 2 aromatic rings. The molecule has 0 unspecified atom stereocenters. The van der Waals surface area contributed by atoms with Crippen molar-refractivity contribution in [1.29, 1.82) is 5.41 Å². The van der Waals surface area contributed by atoms with Crippen LogP contribution in [-0.2, 0) is 6.54 Å². The van der Waals surface area contributed by atoms with Crippen molar-refractivity contribution in [1.82, 2.24) is 9.55 Å². The summed E-state index contributed by atoms with van der Waals surface area (Å²) in [5.74, 6) is 0.211. The third kappa shape index (κ3) is 1.59. The second-order valence-electron chi connectivity index (χ2n) is 3.20. The minimum Gasteiger partial charge on any atom is -0.388 e. The molecule has 4 nitrogen and oxygen atoms in total. The molecule has 0 fully saturated rings. The highest BCUT2D eigenvalue weighted by Crippen LogP contribution is 2.11. The molecule has 1 aromatic heterocycles. The average Bonchev–Trinajstić information content (AvgIpc) is 2.58. The van der Waals surface area contributed by atoms with Gasteiger partial charge >= 0.3 is 0 Å². The summed E-state index contributed by atoms with van der Waals surface area (Å²) in [6.07, 6.45) is 2.36. The zero-order valence-corrected chi connectivity index (χ0v) is 7.77. The summed E-state index contributed by atoms with van der Waals surface area (Å²) in [6, 6.07) is 7.93. The van der Waals surface area contributed by atoms with Crippen LogP contribution in [-0.4, -0.2) is 15.4 Å². The van der Waals surface area contributed by atoms with Gasteiger partial charge in [0.2, 0.25) is 0 Å². The van der Waals surface area contributed by atoms with E-state index in [-0.39, 0.29) is 5.84 Å². The van der Waals surface area contributed by atoms with Gasteiger partial charge in [-0.3, -0.25) is 5.41 Å². The summed E-state index contributed by atoms with van der Waals surface area (Å²) in [5.41, 5.74) is 7.38. The Kier molecular flexibility index (Phi) is 2.18. The van der Waals surface area contributed by atoms with Crippen LogP contribution < -0.4 is 5.73 Å². The van der Waals surface area contributed by atoms with E-state index in [1.807, 2.05) is 28.8 Å². The molecular weight excluding hydrogens is 176 g/mol. The first-order valence-corrected chi connectivity index (χ1v) is 4.50. The lowest BCUT2D eigenvalue weighted by atomic mass is 10.3. The summed E-state index contributed by atoms with van der Waals surface area (Å²) in [7, 11) is 0. The molecule has 1 heterocycles. The topological polar surface area (TPSA) is 67.7 Å². The molecule has 0 aliphatic carbocycles. The van der Waals surface area contributed by atoms with E-state index in [4.69, 9.17) is 11.1 Å². The first-order chi connectivity index (χ1) is 6.77. The van der Waals surface area contributed by atoms with Gasteiger partial charge in [-0.2, -0.15) is 0 Å². The Bertz CT molecular complexity index is 458. The second kappa shape index (κ2) is 3.49. The zero-order chi connectivity index (χ0) is 9.97. The van der Waals surface area contributed by atoms with Crippen LogP contribution in [0, 0.1) is 5.41 Å². The molecule has 14 heavy (non-hydrogen) atoms. The fraction of sp³-hybridized carbons (Fsp3) is 0.200. The Morgan fingerprint density at radius 3 is 3.00 bits per heavy atom. The van der Waals surface area contributed by atoms with E-state index in [1.54, 1.807) is 6.33 Å². The number of imidazole rings is 1. The summed E-state index contributed by atoms with van der Waals surface area (Å²) >= 11 is 0. The monoisotopic (exact) mass is 188 g/mol. The molecule has 3 N–H and O–H groups in total.